The fraction of sp³-hybridized carbons (Fsp3) is 0.211. The molecule has 0 saturated carbocycles. The highest BCUT2D eigenvalue weighted by molar-refractivity contribution is 7.99. The van der Waals surface area contributed by atoms with Gasteiger partial charge in [0.2, 0.25) is 11.6 Å². The molecule has 27 heavy (non-hydrogen) atoms. The minimum atomic E-state index is -0.532. The van der Waals surface area contributed by atoms with E-state index in [-0.39, 0.29) is 12.3 Å². The Morgan fingerprint density at radius 1 is 1.26 bits per heavy atom. The molecule has 2 aromatic carbocycles. The van der Waals surface area contributed by atoms with Crippen molar-refractivity contribution in [1.29, 1.82) is 0 Å². The molecule has 1 N–H and O–H groups in total. The van der Waals surface area contributed by atoms with Crippen LogP contribution in [0.1, 0.15) is 12.0 Å². The first kappa shape index (κ1) is 18.8. The van der Waals surface area contributed by atoms with Gasteiger partial charge in [-0.2, -0.15) is 0 Å². The molecule has 0 aliphatic carbocycles. The maximum absolute atomic E-state index is 12.1. The van der Waals surface area contributed by atoms with Gasteiger partial charge >= 0.3 is 0 Å². The normalized spacial score (nSPS) is 10.6. The molecule has 3 aromatic rings. The molecule has 0 aliphatic heterocycles. The van der Waals surface area contributed by atoms with Crippen molar-refractivity contribution in [3.8, 4) is 17.4 Å². The summed E-state index contributed by atoms with van der Waals surface area (Å²) in [5.74, 6) is 0.476. The molecule has 0 bridgehead atoms. The van der Waals surface area contributed by atoms with E-state index in [9.17, 15) is 9.90 Å². The predicted octanol–water partition coefficient (Wildman–Crippen LogP) is 2.46. The van der Waals surface area contributed by atoms with Gasteiger partial charge in [-0.25, -0.2) is 0 Å². The summed E-state index contributed by atoms with van der Waals surface area (Å²) in [4.78, 5) is 12.1. The first-order valence-corrected chi connectivity index (χ1v) is 9.29. The van der Waals surface area contributed by atoms with Crippen molar-refractivity contribution in [2.45, 2.75) is 18.4 Å². The van der Waals surface area contributed by atoms with Gasteiger partial charge in [0.15, 0.2) is 5.95 Å². The lowest BCUT2D eigenvalue weighted by atomic mass is 10.2. The lowest BCUT2D eigenvalue weighted by molar-refractivity contribution is -0.705. The molecule has 0 fully saturated rings. The summed E-state index contributed by atoms with van der Waals surface area (Å²) < 4.78 is 11.3. The van der Waals surface area contributed by atoms with Crippen molar-refractivity contribution in [3.63, 3.8) is 0 Å². The summed E-state index contributed by atoms with van der Waals surface area (Å²) in [6, 6.07) is 14.7. The number of carbonyl (C=O) groups is 1. The van der Waals surface area contributed by atoms with E-state index in [1.165, 1.54) is 16.4 Å². The number of aryl methyl sites for hydroxylation is 1. The van der Waals surface area contributed by atoms with E-state index in [0.29, 0.717) is 22.2 Å². The van der Waals surface area contributed by atoms with Gasteiger partial charge in [0.25, 0.3) is 5.03 Å². The van der Waals surface area contributed by atoms with Gasteiger partial charge in [0.1, 0.15) is 5.75 Å². The fourth-order valence-corrected chi connectivity index (χ4v) is 3.31. The molecule has 0 aliphatic rings. The molecule has 0 unspecified atom stereocenters. The first-order valence-electron chi connectivity index (χ1n) is 8.30. The molecule has 1 aromatic heterocycles. The van der Waals surface area contributed by atoms with Crippen molar-refractivity contribution in [2.24, 2.45) is 0 Å². The second kappa shape index (κ2) is 8.59. The summed E-state index contributed by atoms with van der Waals surface area (Å²) in [5, 5.41) is 18.9. The van der Waals surface area contributed by atoms with E-state index in [0.717, 1.165) is 11.3 Å². The van der Waals surface area contributed by atoms with Crippen LogP contribution in [0.2, 0.25) is 0 Å². The summed E-state index contributed by atoms with van der Waals surface area (Å²) in [6.07, 6.45) is 0.256. The Morgan fingerprint density at radius 2 is 2.00 bits per heavy atom. The number of aromatic nitrogens is 2. The summed E-state index contributed by atoms with van der Waals surface area (Å²) in [7, 11) is 1.58. The number of ether oxygens (including phenoxy) is 1. The van der Waals surface area contributed by atoms with Crippen molar-refractivity contribution < 1.29 is 23.8 Å². The van der Waals surface area contributed by atoms with Crippen molar-refractivity contribution in [1.82, 2.24) is 5.27 Å². The van der Waals surface area contributed by atoms with Crippen LogP contribution >= 0.6 is 11.8 Å². The number of thioether (sulfide) groups is 1. The van der Waals surface area contributed by atoms with Crippen molar-refractivity contribution in [3.05, 3.63) is 54.1 Å². The second-order valence-electron chi connectivity index (χ2n) is 5.74. The highest BCUT2D eigenvalue weighted by Crippen LogP contribution is 2.24. The topological polar surface area (TPSA) is 91.3 Å². The molecule has 0 radical (unpaired) electrons. The van der Waals surface area contributed by atoms with Crippen LogP contribution < -0.4 is 19.8 Å². The van der Waals surface area contributed by atoms with E-state index in [4.69, 9.17) is 9.26 Å². The number of para-hydroxylation sites is 1. The maximum Gasteiger partial charge on any atom is 0.297 e. The van der Waals surface area contributed by atoms with Gasteiger partial charge in [-0.3, -0.25) is 4.79 Å². The fourth-order valence-electron chi connectivity index (χ4n) is 2.41. The molecule has 3 rings (SSSR count). The molecule has 0 atom stereocenters. The molecule has 1 heterocycles. The number of benzene rings is 2. The third-order valence-corrected chi connectivity index (χ3v) is 4.90. The number of amides is 1. The molecular formula is C19H19N3O4S. The third-order valence-electron chi connectivity index (χ3n) is 3.88. The van der Waals surface area contributed by atoms with Crippen LogP contribution in [0, 0.1) is 6.92 Å². The number of nitrogens with zero attached hydrogens (tertiary/aromatic N) is 2. The van der Waals surface area contributed by atoms with Crippen LogP contribution in [0.25, 0.3) is 5.69 Å². The molecule has 7 nitrogen and oxygen atoms in total. The predicted molar refractivity (Wildman–Crippen MR) is 99.2 cm³/mol. The average molecular weight is 385 g/mol. The number of methoxy groups -OCH3 is 1. The molecular weight excluding hydrogens is 366 g/mol. The minimum Gasteiger partial charge on any atom is -0.538 e. The number of rotatable bonds is 7. The van der Waals surface area contributed by atoms with E-state index in [2.05, 4.69) is 10.6 Å². The zero-order valence-electron chi connectivity index (χ0n) is 15.0. The second-order valence-corrected chi connectivity index (χ2v) is 6.82. The Labute approximate surface area is 160 Å². The lowest BCUT2D eigenvalue weighted by Gasteiger charge is -2.07. The summed E-state index contributed by atoms with van der Waals surface area (Å²) in [5.41, 5.74) is 2.46. The number of carbonyl (C=O) groups excluding carboxylic acids is 1. The van der Waals surface area contributed by atoms with Crippen LogP contribution in [-0.4, -0.2) is 24.0 Å². The number of hydrogen-bond acceptors (Lipinski definition) is 6. The zero-order valence-corrected chi connectivity index (χ0v) is 15.8. The third kappa shape index (κ3) is 4.59. The quantitative estimate of drug-likeness (QED) is 0.496. The molecule has 0 spiro atoms. The van der Waals surface area contributed by atoms with E-state index in [1.54, 1.807) is 31.4 Å². The number of nitrogens with one attached hydrogen (secondary N) is 1. The Hall–Kier alpha value is -3.00. The van der Waals surface area contributed by atoms with E-state index >= 15 is 0 Å². The van der Waals surface area contributed by atoms with E-state index < -0.39 is 5.95 Å². The van der Waals surface area contributed by atoms with Gasteiger partial charge in [0.05, 0.1) is 12.4 Å². The van der Waals surface area contributed by atoms with Gasteiger partial charge in [-0.1, -0.05) is 30.0 Å². The largest absolute Gasteiger partial charge is 0.538 e. The molecule has 8 heteroatoms. The molecule has 0 saturated heterocycles. The summed E-state index contributed by atoms with van der Waals surface area (Å²) in [6.45, 7) is 1.93. The highest BCUT2D eigenvalue weighted by Gasteiger charge is 2.21. The minimum absolute atomic E-state index is 0.114. The monoisotopic (exact) mass is 385 g/mol. The van der Waals surface area contributed by atoms with Gasteiger partial charge in [-0.15, -0.1) is 0 Å². The standard InChI is InChI=1S/C19H19N3O4S/c1-13-5-3-4-6-16(13)20-17(23)11-12-27-18-19(24)26-21-22(18)14-7-9-15(25-2)10-8-14/h3-10H,11-12H2,1-2H3,(H-,20,21,23,24). The Bertz CT molecular complexity index is 925. The Kier molecular flexibility index (Phi) is 5.97. The van der Waals surface area contributed by atoms with Crippen molar-refractivity contribution in [2.75, 3.05) is 18.2 Å². The first-order chi connectivity index (χ1) is 13.1. The van der Waals surface area contributed by atoms with Gasteiger partial charge < -0.3 is 19.7 Å². The maximum atomic E-state index is 12.1. The molecule has 1 amide bonds. The van der Waals surface area contributed by atoms with E-state index in [1.807, 2.05) is 31.2 Å². The van der Waals surface area contributed by atoms with Crippen LogP contribution in [0.5, 0.6) is 11.7 Å². The smallest absolute Gasteiger partial charge is 0.297 e. The van der Waals surface area contributed by atoms with Crippen molar-refractivity contribution >= 4 is 23.4 Å². The van der Waals surface area contributed by atoms with Crippen LogP contribution in [0.4, 0.5) is 5.69 Å². The SMILES string of the molecule is COc1ccc(-[n+]2noc([O-])c2SCCC(=O)Nc2ccccc2C)cc1. The Morgan fingerprint density at radius 3 is 2.70 bits per heavy atom. The van der Waals surface area contributed by atoms with Crippen LogP contribution in [0.3, 0.4) is 0 Å². The average Bonchev–Trinajstić information content (AvgIpc) is 3.04. The zero-order chi connectivity index (χ0) is 19.2. The summed E-state index contributed by atoms with van der Waals surface area (Å²) >= 11 is 1.23. The molecule has 140 valence electrons. The van der Waals surface area contributed by atoms with Crippen LogP contribution in [-0.2, 0) is 4.79 Å². The number of anilines is 1. The Balaban J connectivity index is 1.62. The van der Waals surface area contributed by atoms with Gasteiger partial charge in [-0.05, 0) is 35.4 Å². The highest BCUT2D eigenvalue weighted by atomic mass is 32.2. The van der Waals surface area contributed by atoms with Gasteiger partial charge in [0, 0.05) is 30.0 Å². The van der Waals surface area contributed by atoms with Crippen LogP contribution in [0.15, 0.2) is 58.1 Å². The number of hydrogen-bond donors (Lipinski definition) is 1. The lowest BCUT2D eigenvalue weighted by Crippen LogP contribution is -2.34.